The molecule has 0 saturated heterocycles. The molecule has 4 nitrogen and oxygen atoms in total. The molecule has 0 atom stereocenters. The minimum Gasteiger partial charge on any atom is -0.488 e. The Balaban J connectivity index is 2.17. The topological polar surface area (TPSA) is 53.1 Å². The summed E-state index contributed by atoms with van der Waals surface area (Å²) in [5.41, 5.74) is 10.1. The number of hydrogen-bond donors (Lipinski definition) is 1. The number of nitrogens with two attached hydrogens (primary N) is 1. The van der Waals surface area contributed by atoms with Crippen LogP contribution in [0.4, 0.5) is 5.69 Å². The van der Waals surface area contributed by atoms with E-state index in [2.05, 4.69) is 25.9 Å². The molecule has 0 fully saturated rings. The number of hydrogen-bond acceptors (Lipinski definition) is 3. The number of benzene rings is 1. The Morgan fingerprint density at radius 1 is 1.35 bits per heavy atom. The van der Waals surface area contributed by atoms with E-state index in [1.807, 2.05) is 36.1 Å². The van der Waals surface area contributed by atoms with Crippen molar-refractivity contribution in [3.05, 3.63) is 41.2 Å². The first-order chi connectivity index (χ1) is 9.51. The standard InChI is InChI=1S/C16H23N3O/c1-5-19-9-13(8-18-19)10-20-16-6-12(4)15(17)7-14(16)11(2)3/h6-9,11H,5,10,17H2,1-4H3. The predicted molar refractivity (Wildman–Crippen MR) is 81.9 cm³/mol. The van der Waals surface area contributed by atoms with Gasteiger partial charge < -0.3 is 10.5 Å². The van der Waals surface area contributed by atoms with Gasteiger partial charge in [0.1, 0.15) is 12.4 Å². The van der Waals surface area contributed by atoms with Crippen LogP contribution in [0.2, 0.25) is 0 Å². The van der Waals surface area contributed by atoms with E-state index in [1.165, 1.54) is 0 Å². The van der Waals surface area contributed by atoms with Crippen molar-refractivity contribution in [1.82, 2.24) is 9.78 Å². The second-order valence-corrected chi connectivity index (χ2v) is 5.39. The molecule has 4 heteroatoms. The Kier molecular flexibility index (Phi) is 4.32. The Bertz CT molecular complexity index is 587. The summed E-state index contributed by atoms with van der Waals surface area (Å²) < 4.78 is 7.87. The molecule has 1 aromatic heterocycles. The van der Waals surface area contributed by atoms with Gasteiger partial charge in [-0.25, -0.2) is 0 Å². The van der Waals surface area contributed by atoms with Gasteiger partial charge in [-0.05, 0) is 43.0 Å². The van der Waals surface area contributed by atoms with E-state index in [-0.39, 0.29) is 0 Å². The predicted octanol–water partition coefficient (Wildman–Crippen LogP) is 3.50. The third kappa shape index (κ3) is 3.13. The van der Waals surface area contributed by atoms with E-state index in [0.29, 0.717) is 12.5 Å². The summed E-state index contributed by atoms with van der Waals surface area (Å²) in [6, 6.07) is 4.04. The van der Waals surface area contributed by atoms with E-state index < -0.39 is 0 Å². The average Bonchev–Trinajstić information content (AvgIpc) is 2.87. The summed E-state index contributed by atoms with van der Waals surface area (Å²) in [6.45, 7) is 9.76. The van der Waals surface area contributed by atoms with Gasteiger partial charge in [0.2, 0.25) is 0 Å². The molecule has 0 bridgehead atoms. The highest BCUT2D eigenvalue weighted by Gasteiger charge is 2.11. The van der Waals surface area contributed by atoms with Crippen LogP contribution >= 0.6 is 0 Å². The number of nitrogens with zero attached hydrogens (tertiary/aromatic N) is 2. The zero-order valence-corrected chi connectivity index (χ0v) is 12.7. The zero-order chi connectivity index (χ0) is 14.7. The van der Waals surface area contributed by atoms with E-state index in [4.69, 9.17) is 10.5 Å². The Hall–Kier alpha value is -1.97. The third-order valence-electron chi connectivity index (χ3n) is 3.43. The van der Waals surface area contributed by atoms with Gasteiger partial charge in [-0.1, -0.05) is 13.8 Å². The monoisotopic (exact) mass is 273 g/mol. The average molecular weight is 273 g/mol. The quantitative estimate of drug-likeness (QED) is 0.848. The molecule has 2 rings (SSSR count). The number of ether oxygens (including phenoxy) is 1. The molecule has 0 aliphatic carbocycles. The van der Waals surface area contributed by atoms with E-state index in [0.717, 1.165) is 34.7 Å². The molecule has 0 amide bonds. The van der Waals surface area contributed by atoms with Gasteiger partial charge in [-0.2, -0.15) is 5.10 Å². The zero-order valence-electron chi connectivity index (χ0n) is 12.7. The normalized spacial score (nSPS) is 11.1. The first kappa shape index (κ1) is 14.4. The third-order valence-corrected chi connectivity index (χ3v) is 3.43. The summed E-state index contributed by atoms with van der Waals surface area (Å²) in [7, 11) is 0. The second kappa shape index (κ2) is 5.99. The maximum Gasteiger partial charge on any atom is 0.123 e. The molecular formula is C16H23N3O. The molecule has 2 N–H and O–H groups in total. The smallest absolute Gasteiger partial charge is 0.123 e. The first-order valence-corrected chi connectivity index (χ1v) is 7.05. The lowest BCUT2D eigenvalue weighted by atomic mass is 9.99. The van der Waals surface area contributed by atoms with Crippen molar-refractivity contribution in [1.29, 1.82) is 0 Å². The van der Waals surface area contributed by atoms with Gasteiger partial charge in [-0.15, -0.1) is 0 Å². The van der Waals surface area contributed by atoms with Gasteiger partial charge >= 0.3 is 0 Å². The van der Waals surface area contributed by atoms with Gasteiger partial charge in [0, 0.05) is 24.0 Å². The number of rotatable bonds is 5. The van der Waals surface area contributed by atoms with Gasteiger partial charge in [0.05, 0.1) is 6.20 Å². The van der Waals surface area contributed by atoms with Crippen LogP contribution in [-0.4, -0.2) is 9.78 Å². The van der Waals surface area contributed by atoms with Crippen LogP contribution < -0.4 is 10.5 Å². The minimum absolute atomic E-state index is 0.381. The SMILES string of the molecule is CCn1cc(COc2cc(C)c(N)cc2C(C)C)cn1. The fourth-order valence-electron chi connectivity index (χ4n) is 2.11. The van der Waals surface area contributed by atoms with Crippen LogP contribution in [-0.2, 0) is 13.2 Å². The summed E-state index contributed by atoms with van der Waals surface area (Å²) in [6.07, 6.45) is 3.86. The van der Waals surface area contributed by atoms with Crippen molar-refractivity contribution in [3.8, 4) is 5.75 Å². The fraction of sp³-hybridized carbons (Fsp3) is 0.438. The highest BCUT2D eigenvalue weighted by Crippen LogP contribution is 2.31. The molecule has 0 saturated carbocycles. The van der Waals surface area contributed by atoms with E-state index >= 15 is 0 Å². The molecular weight excluding hydrogens is 250 g/mol. The number of aromatic nitrogens is 2. The lowest BCUT2D eigenvalue weighted by Gasteiger charge is -2.16. The van der Waals surface area contributed by atoms with Crippen LogP contribution in [0.25, 0.3) is 0 Å². The summed E-state index contributed by atoms with van der Waals surface area (Å²) in [5.74, 6) is 1.29. The lowest BCUT2D eigenvalue weighted by molar-refractivity contribution is 0.301. The van der Waals surface area contributed by atoms with Crippen LogP contribution in [0.3, 0.4) is 0 Å². The molecule has 0 radical (unpaired) electrons. The van der Waals surface area contributed by atoms with E-state index in [1.54, 1.807) is 0 Å². The van der Waals surface area contributed by atoms with Crippen molar-refractivity contribution < 1.29 is 4.74 Å². The molecule has 1 heterocycles. The largest absolute Gasteiger partial charge is 0.488 e. The number of aryl methyl sites for hydroxylation is 2. The van der Waals surface area contributed by atoms with Crippen LogP contribution in [0.1, 0.15) is 43.4 Å². The molecule has 0 unspecified atom stereocenters. The molecule has 2 aromatic rings. The van der Waals surface area contributed by atoms with Crippen LogP contribution in [0.5, 0.6) is 5.75 Å². The van der Waals surface area contributed by atoms with E-state index in [9.17, 15) is 0 Å². The molecule has 0 spiro atoms. The Labute approximate surface area is 120 Å². The van der Waals surface area contributed by atoms with Crippen molar-refractivity contribution in [2.75, 3.05) is 5.73 Å². The van der Waals surface area contributed by atoms with Crippen molar-refractivity contribution in [3.63, 3.8) is 0 Å². The maximum atomic E-state index is 5.99. The van der Waals surface area contributed by atoms with Crippen molar-refractivity contribution >= 4 is 5.69 Å². The molecule has 20 heavy (non-hydrogen) atoms. The highest BCUT2D eigenvalue weighted by molar-refractivity contribution is 5.55. The second-order valence-electron chi connectivity index (χ2n) is 5.39. The van der Waals surface area contributed by atoms with Crippen LogP contribution in [0.15, 0.2) is 24.5 Å². The summed E-state index contributed by atoms with van der Waals surface area (Å²) in [5, 5.41) is 4.25. The van der Waals surface area contributed by atoms with Crippen LogP contribution in [0, 0.1) is 6.92 Å². The minimum atomic E-state index is 0.381. The molecule has 1 aromatic carbocycles. The maximum absolute atomic E-state index is 5.99. The van der Waals surface area contributed by atoms with Crippen molar-refractivity contribution in [2.45, 2.75) is 46.8 Å². The molecule has 108 valence electrons. The molecule has 0 aliphatic heterocycles. The lowest BCUT2D eigenvalue weighted by Crippen LogP contribution is -2.02. The van der Waals surface area contributed by atoms with Gasteiger partial charge in [-0.3, -0.25) is 4.68 Å². The number of anilines is 1. The summed E-state index contributed by atoms with van der Waals surface area (Å²) in [4.78, 5) is 0. The first-order valence-electron chi connectivity index (χ1n) is 7.05. The number of nitrogen functional groups attached to an aromatic ring is 1. The summed E-state index contributed by atoms with van der Waals surface area (Å²) >= 11 is 0. The van der Waals surface area contributed by atoms with Gasteiger partial charge in [0.25, 0.3) is 0 Å². The Morgan fingerprint density at radius 3 is 2.70 bits per heavy atom. The highest BCUT2D eigenvalue weighted by atomic mass is 16.5. The Morgan fingerprint density at radius 2 is 2.10 bits per heavy atom. The molecule has 0 aliphatic rings. The fourth-order valence-corrected chi connectivity index (χ4v) is 2.11. The van der Waals surface area contributed by atoms with Gasteiger partial charge in [0.15, 0.2) is 0 Å². The van der Waals surface area contributed by atoms with Crippen molar-refractivity contribution in [2.24, 2.45) is 0 Å².